The molecule has 1 fully saturated rings. The third-order valence-electron chi connectivity index (χ3n) is 2.03. The lowest BCUT2D eigenvalue weighted by Crippen LogP contribution is -2.07. The summed E-state index contributed by atoms with van der Waals surface area (Å²) < 4.78 is 4.52. The van der Waals surface area contributed by atoms with Gasteiger partial charge in [0.05, 0.1) is 0 Å². The van der Waals surface area contributed by atoms with Gasteiger partial charge in [0.2, 0.25) is 5.78 Å². The zero-order valence-electron chi connectivity index (χ0n) is 7.73. The maximum Gasteiger partial charge on any atom is 0.345 e. The molecule has 4 nitrogen and oxygen atoms in total. The highest BCUT2D eigenvalue weighted by atomic mass is 32.1. The fourth-order valence-corrected chi connectivity index (χ4v) is 2.04. The van der Waals surface area contributed by atoms with Crippen LogP contribution in [0.5, 0.6) is 0 Å². The number of carbonyl (C=O) groups is 2. The van der Waals surface area contributed by atoms with Crippen molar-refractivity contribution in [2.45, 2.75) is 6.42 Å². The van der Waals surface area contributed by atoms with Crippen LogP contribution in [-0.4, -0.2) is 23.5 Å². The summed E-state index contributed by atoms with van der Waals surface area (Å²) in [6.07, 6.45) is 0.202. The van der Waals surface area contributed by atoms with Crippen molar-refractivity contribution in [3.8, 4) is 0 Å². The molecule has 0 atom stereocenters. The highest BCUT2D eigenvalue weighted by Gasteiger charge is 2.31. The molecular formula is C10H8O4S. The molecule has 1 aliphatic heterocycles. The third kappa shape index (κ3) is 1.92. The van der Waals surface area contributed by atoms with E-state index in [0.29, 0.717) is 0 Å². The molecule has 0 spiro atoms. The normalized spacial score (nSPS) is 19.2. The molecular weight excluding hydrogens is 216 g/mol. The van der Waals surface area contributed by atoms with E-state index >= 15 is 0 Å². The molecule has 15 heavy (non-hydrogen) atoms. The lowest BCUT2D eigenvalue weighted by molar-refractivity contribution is -0.135. The van der Waals surface area contributed by atoms with E-state index in [1.807, 2.05) is 17.5 Å². The van der Waals surface area contributed by atoms with Gasteiger partial charge < -0.3 is 9.84 Å². The van der Waals surface area contributed by atoms with Crippen LogP contribution in [0, 0.1) is 0 Å². The number of rotatable bonds is 2. The van der Waals surface area contributed by atoms with Crippen LogP contribution < -0.4 is 0 Å². The van der Waals surface area contributed by atoms with Crippen molar-refractivity contribution in [2.24, 2.45) is 0 Å². The van der Waals surface area contributed by atoms with Crippen LogP contribution in [0.2, 0.25) is 0 Å². The lowest BCUT2D eigenvalue weighted by Gasteiger charge is -1.98. The number of ether oxygens (including phenoxy) is 1. The summed E-state index contributed by atoms with van der Waals surface area (Å²) >= 11 is 1.45. The Morgan fingerprint density at radius 1 is 1.53 bits per heavy atom. The number of aliphatic hydroxyl groups is 1. The Morgan fingerprint density at radius 2 is 2.33 bits per heavy atom. The minimum Gasteiger partial charge on any atom is -0.511 e. The highest BCUT2D eigenvalue weighted by Crippen LogP contribution is 2.19. The number of Topliss-reactive ketones (excluding diaryl/α,β-unsaturated/α-hetero) is 1. The molecule has 0 bridgehead atoms. The summed E-state index contributed by atoms with van der Waals surface area (Å²) in [5.74, 6) is -1.38. The molecule has 0 amide bonds. The second-order valence-corrected chi connectivity index (χ2v) is 4.11. The van der Waals surface area contributed by atoms with Gasteiger partial charge in [0, 0.05) is 11.3 Å². The van der Waals surface area contributed by atoms with Gasteiger partial charge in [-0.05, 0) is 11.4 Å². The number of thiophene rings is 1. The van der Waals surface area contributed by atoms with Crippen LogP contribution in [0.4, 0.5) is 0 Å². The Balaban J connectivity index is 2.25. The monoisotopic (exact) mass is 224 g/mol. The number of carbonyl (C=O) groups excluding carboxylic acids is 2. The summed E-state index contributed by atoms with van der Waals surface area (Å²) in [4.78, 5) is 23.2. The molecule has 2 heterocycles. The molecule has 78 valence electrons. The first-order valence-corrected chi connectivity index (χ1v) is 5.21. The maximum absolute atomic E-state index is 11.2. The van der Waals surface area contributed by atoms with Crippen molar-refractivity contribution < 1.29 is 19.4 Å². The van der Waals surface area contributed by atoms with E-state index in [4.69, 9.17) is 0 Å². The Kier molecular flexibility index (Phi) is 2.55. The Hall–Kier alpha value is -1.62. The predicted octanol–water partition coefficient (Wildman–Crippen LogP) is 1.23. The van der Waals surface area contributed by atoms with E-state index in [1.54, 1.807) is 0 Å². The summed E-state index contributed by atoms with van der Waals surface area (Å²) in [6.45, 7) is -0.261. The topological polar surface area (TPSA) is 63.6 Å². The van der Waals surface area contributed by atoms with E-state index in [1.165, 1.54) is 11.3 Å². The van der Waals surface area contributed by atoms with Crippen LogP contribution in [0.1, 0.15) is 4.88 Å². The van der Waals surface area contributed by atoms with Gasteiger partial charge in [0.25, 0.3) is 0 Å². The minimum absolute atomic E-state index is 0.202. The smallest absolute Gasteiger partial charge is 0.345 e. The SMILES string of the molecule is O=C1COC(=O)/C1=C(/O)Cc1cccs1. The molecule has 5 heteroatoms. The largest absolute Gasteiger partial charge is 0.511 e. The summed E-state index contributed by atoms with van der Waals surface area (Å²) in [6, 6.07) is 3.67. The van der Waals surface area contributed by atoms with Gasteiger partial charge >= 0.3 is 5.97 Å². The fraction of sp³-hybridized carbons (Fsp3) is 0.200. The van der Waals surface area contributed by atoms with Gasteiger partial charge in [-0.2, -0.15) is 0 Å². The maximum atomic E-state index is 11.2. The predicted molar refractivity (Wildman–Crippen MR) is 53.6 cm³/mol. The first kappa shape index (κ1) is 9.92. The Morgan fingerprint density at radius 3 is 2.87 bits per heavy atom. The number of ketones is 1. The highest BCUT2D eigenvalue weighted by molar-refractivity contribution is 7.09. The van der Waals surface area contributed by atoms with Crippen molar-refractivity contribution in [3.05, 3.63) is 33.7 Å². The standard InChI is InChI=1S/C10H8O4S/c11-7(4-6-2-1-3-15-6)9-8(12)5-14-10(9)13/h1-3,11H,4-5H2/b9-7+. The van der Waals surface area contributed by atoms with Gasteiger partial charge in [0.15, 0.2) is 6.61 Å². The van der Waals surface area contributed by atoms with Gasteiger partial charge in [-0.15, -0.1) is 11.3 Å². The molecule has 1 saturated heterocycles. The number of hydrogen-bond donors (Lipinski definition) is 1. The number of aliphatic hydroxyl groups excluding tert-OH is 1. The molecule has 0 aliphatic carbocycles. The molecule has 2 rings (SSSR count). The lowest BCUT2D eigenvalue weighted by atomic mass is 10.1. The molecule has 1 aromatic heterocycles. The molecule has 1 N–H and O–H groups in total. The summed E-state index contributed by atoms with van der Waals surface area (Å²) in [7, 11) is 0. The number of esters is 1. The average Bonchev–Trinajstić information content (AvgIpc) is 2.77. The van der Waals surface area contributed by atoms with E-state index < -0.39 is 11.8 Å². The minimum atomic E-state index is -0.728. The van der Waals surface area contributed by atoms with Crippen LogP contribution in [0.15, 0.2) is 28.8 Å². The van der Waals surface area contributed by atoms with Crippen molar-refractivity contribution in [3.63, 3.8) is 0 Å². The second kappa shape index (κ2) is 3.86. The molecule has 0 aromatic carbocycles. The third-order valence-corrected chi connectivity index (χ3v) is 2.90. The quantitative estimate of drug-likeness (QED) is 0.355. The van der Waals surface area contributed by atoms with E-state index in [-0.39, 0.29) is 24.4 Å². The van der Waals surface area contributed by atoms with Gasteiger partial charge in [-0.25, -0.2) is 4.79 Å². The van der Waals surface area contributed by atoms with E-state index in [9.17, 15) is 14.7 Å². The number of cyclic esters (lactones) is 1. The van der Waals surface area contributed by atoms with Gasteiger partial charge in [-0.1, -0.05) is 6.07 Å². The summed E-state index contributed by atoms with van der Waals surface area (Å²) in [5, 5.41) is 11.5. The molecule has 0 saturated carbocycles. The molecule has 1 aromatic rings. The van der Waals surface area contributed by atoms with Gasteiger partial charge in [0.1, 0.15) is 11.3 Å². The van der Waals surface area contributed by atoms with Crippen molar-refractivity contribution in [1.82, 2.24) is 0 Å². The van der Waals surface area contributed by atoms with Crippen molar-refractivity contribution in [1.29, 1.82) is 0 Å². The molecule has 0 unspecified atom stereocenters. The fourth-order valence-electron chi connectivity index (χ4n) is 1.33. The Labute approximate surface area is 89.8 Å². The van der Waals surface area contributed by atoms with E-state index in [0.717, 1.165) is 4.88 Å². The van der Waals surface area contributed by atoms with Crippen molar-refractivity contribution in [2.75, 3.05) is 6.61 Å². The average molecular weight is 224 g/mol. The second-order valence-electron chi connectivity index (χ2n) is 3.08. The van der Waals surface area contributed by atoms with Gasteiger partial charge in [-0.3, -0.25) is 4.79 Å². The first-order valence-electron chi connectivity index (χ1n) is 4.33. The molecule has 1 aliphatic rings. The van der Waals surface area contributed by atoms with Crippen LogP contribution >= 0.6 is 11.3 Å². The number of allylic oxidation sites excluding steroid dienone is 1. The van der Waals surface area contributed by atoms with E-state index in [2.05, 4.69) is 4.74 Å². The zero-order chi connectivity index (χ0) is 10.8. The van der Waals surface area contributed by atoms with Crippen LogP contribution in [-0.2, 0) is 20.7 Å². The summed E-state index contributed by atoms with van der Waals surface area (Å²) in [5.41, 5.74) is -0.205. The first-order chi connectivity index (χ1) is 7.18. The Bertz CT molecular complexity index is 412. The zero-order valence-corrected chi connectivity index (χ0v) is 8.54. The van der Waals surface area contributed by atoms with Crippen LogP contribution in [0.25, 0.3) is 0 Å². The molecule has 0 radical (unpaired) electrons. The van der Waals surface area contributed by atoms with Crippen LogP contribution in [0.3, 0.4) is 0 Å². The van der Waals surface area contributed by atoms with Crippen molar-refractivity contribution >= 4 is 23.1 Å². The number of hydrogen-bond acceptors (Lipinski definition) is 5.